The molecule has 0 bridgehead atoms. The number of carbonyl (C=O) groups excluding carboxylic acids is 1. The van der Waals surface area contributed by atoms with Gasteiger partial charge in [-0.15, -0.1) is 0 Å². The molecule has 0 fully saturated rings. The van der Waals surface area contributed by atoms with E-state index in [-0.39, 0.29) is 11.9 Å². The molecule has 18 heavy (non-hydrogen) atoms. The van der Waals surface area contributed by atoms with E-state index in [0.717, 1.165) is 24.2 Å². The molecule has 0 saturated carbocycles. The third kappa shape index (κ3) is 2.48. The third-order valence-corrected chi connectivity index (χ3v) is 3.45. The molecule has 1 atom stereocenters. The second kappa shape index (κ2) is 5.40. The Kier molecular flexibility index (Phi) is 3.87. The molecular weight excluding hydrogens is 228 g/mol. The van der Waals surface area contributed by atoms with E-state index in [1.54, 1.807) is 12.0 Å². The van der Waals surface area contributed by atoms with Crippen molar-refractivity contribution in [2.45, 2.75) is 19.4 Å². The molecule has 1 N–H and O–H groups in total. The van der Waals surface area contributed by atoms with Crippen LogP contribution in [0.5, 0.6) is 0 Å². The highest BCUT2D eigenvalue weighted by molar-refractivity contribution is 5.95. The van der Waals surface area contributed by atoms with Crippen molar-refractivity contribution in [3.05, 3.63) is 29.3 Å². The summed E-state index contributed by atoms with van der Waals surface area (Å²) in [6, 6.07) is 5.95. The Morgan fingerprint density at radius 1 is 1.56 bits per heavy atom. The van der Waals surface area contributed by atoms with Crippen LogP contribution in [0.4, 0.5) is 5.69 Å². The van der Waals surface area contributed by atoms with Crippen LogP contribution in [0.3, 0.4) is 0 Å². The number of hydrogen-bond acceptors (Lipinski definition) is 3. The van der Waals surface area contributed by atoms with Gasteiger partial charge in [-0.2, -0.15) is 0 Å². The van der Waals surface area contributed by atoms with E-state index in [0.29, 0.717) is 6.61 Å². The van der Waals surface area contributed by atoms with Crippen molar-refractivity contribution >= 4 is 11.6 Å². The van der Waals surface area contributed by atoms with Crippen molar-refractivity contribution in [3.63, 3.8) is 0 Å². The Hall–Kier alpha value is -1.55. The molecule has 2 rings (SSSR count). The number of anilines is 1. The number of methoxy groups -OCH3 is 1. The number of amides is 1. The minimum Gasteiger partial charge on any atom is -0.384 e. The average molecular weight is 248 g/mol. The third-order valence-electron chi connectivity index (χ3n) is 3.45. The van der Waals surface area contributed by atoms with Gasteiger partial charge in [0, 0.05) is 32.0 Å². The Bertz CT molecular complexity index is 445. The van der Waals surface area contributed by atoms with E-state index < -0.39 is 0 Å². The van der Waals surface area contributed by atoms with Gasteiger partial charge < -0.3 is 15.0 Å². The minimum absolute atomic E-state index is 0.0502. The molecule has 1 amide bonds. The maximum atomic E-state index is 12.3. The van der Waals surface area contributed by atoms with Crippen molar-refractivity contribution < 1.29 is 9.53 Å². The highest BCUT2D eigenvalue weighted by atomic mass is 16.5. The number of hydrogen-bond donors (Lipinski definition) is 1. The molecular formula is C14H20N2O2. The molecule has 1 aliphatic rings. The fourth-order valence-corrected chi connectivity index (χ4v) is 2.19. The summed E-state index contributed by atoms with van der Waals surface area (Å²) in [5.41, 5.74) is 3.13. The molecule has 1 aliphatic heterocycles. The number of nitrogens with zero attached hydrogens (tertiary/aromatic N) is 1. The predicted molar refractivity (Wildman–Crippen MR) is 72.1 cm³/mol. The number of ether oxygens (including phenoxy) is 1. The van der Waals surface area contributed by atoms with Crippen molar-refractivity contribution in [2.75, 3.05) is 32.6 Å². The zero-order valence-corrected chi connectivity index (χ0v) is 11.2. The van der Waals surface area contributed by atoms with E-state index >= 15 is 0 Å². The number of likely N-dealkylation sites (N-methyl/N-ethyl adjacent to an activating group) is 1. The van der Waals surface area contributed by atoms with Gasteiger partial charge in [0.25, 0.3) is 5.91 Å². The predicted octanol–water partition coefficient (Wildman–Crippen LogP) is 1.76. The van der Waals surface area contributed by atoms with Crippen molar-refractivity contribution in [1.82, 2.24) is 4.90 Å². The maximum Gasteiger partial charge on any atom is 0.253 e. The fraction of sp³-hybridized carbons (Fsp3) is 0.500. The van der Waals surface area contributed by atoms with Gasteiger partial charge in [-0.25, -0.2) is 0 Å². The van der Waals surface area contributed by atoms with E-state index in [4.69, 9.17) is 4.74 Å². The first-order valence-corrected chi connectivity index (χ1v) is 6.26. The number of benzene rings is 1. The molecule has 98 valence electrons. The first kappa shape index (κ1) is 12.9. The summed E-state index contributed by atoms with van der Waals surface area (Å²) in [6.07, 6.45) is 0.994. The van der Waals surface area contributed by atoms with Gasteiger partial charge in [-0.05, 0) is 37.1 Å². The summed E-state index contributed by atoms with van der Waals surface area (Å²) >= 11 is 0. The van der Waals surface area contributed by atoms with E-state index in [9.17, 15) is 4.79 Å². The van der Waals surface area contributed by atoms with Crippen LogP contribution in [-0.2, 0) is 11.2 Å². The Morgan fingerprint density at radius 2 is 2.33 bits per heavy atom. The van der Waals surface area contributed by atoms with Crippen LogP contribution in [0.1, 0.15) is 22.8 Å². The quantitative estimate of drug-likeness (QED) is 0.883. The molecule has 0 saturated heterocycles. The van der Waals surface area contributed by atoms with Crippen LogP contribution in [-0.4, -0.2) is 44.2 Å². The van der Waals surface area contributed by atoms with Crippen LogP contribution >= 0.6 is 0 Å². The van der Waals surface area contributed by atoms with Crippen LogP contribution in [0.25, 0.3) is 0 Å². The minimum atomic E-state index is 0.0502. The van der Waals surface area contributed by atoms with Crippen LogP contribution in [0.15, 0.2) is 18.2 Å². The number of fused-ring (bicyclic) bond motifs is 1. The lowest BCUT2D eigenvalue weighted by atomic mass is 10.1. The van der Waals surface area contributed by atoms with Gasteiger partial charge in [0.15, 0.2) is 0 Å². The normalized spacial score (nSPS) is 14.8. The second-order valence-corrected chi connectivity index (χ2v) is 4.77. The Morgan fingerprint density at radius 3 is 3.06 bits per heavy atom. The molecule has 0 aliphatic carbocycles. The van der Waals surface area contributed by atoms with Gasteiger partial charge in [0.05, 0.1) is 12.6 Å². The molecule has 4 nitrogen and oxygen atoms in total. The summed E-state index contributed by atoms with van der Waals surface area (Å²) in [5.74, 6) is 0.0502. The zero-order chi connectivity index (χ0) is 13.1. The first-order valence-electron chi connectivity index (χ1n) is 6.26. The molecule has 0 radical (unpaired) electrons. The summed E-state index contributed by atoms with van der Waals surface area (Å²) in [5, 5.41) is 3.29. The molecule has 1 unspecified atom stereocenters. The standard InChI is InChI=1S/C14H20N2O2/c1-10(9-18-3)16(2)14(17)12-4-5-13-11(8-12)6-7-15-13/h4-5,8,10,15H,6-7,9H2,1-3H3. The topological polar surface area (TPSA) is 41.6 Å². The number of rotatable bonds is 4. The average Bonchev–Trinajstić information content (AvgIpc) is 2.84. The smallest absolute Gasteiger partial charge is 0.253 e. The van der Waals surface area contributed by atoms with Crippen molar-refractivity contribution in [2.24, 2.45) is 0 Å². The molecule has 0 spiro atoms. The van der Waals surface area contributed by atoms with Gasteiger partial charge in [0.2, 0.25) is 0 Å². The van der Waals surface area contributed by atoms with Crippen molar-refractivity contribution in [3.8, 4) is 0 Å². The Balaban J connectivity index is 2.13. The first-order chi connectivity index (χ1) is 8.63. The van der Waals surface area contributed by atoms with Gasteiger partial charge >= 0.3 is 0 Å². The van der Waals surface area contributed by atoms with Crippen LogP contribution in [0.2, 0.25) is 0 Å². The SMILES string of the molecule is COCC(C)N(C)C(=O)c1ccc2c(c1)CCN2. The molecule has 1 aromatic carbocycles. The van der Waals surface area contributed by atoms with Gasteiger partial charge in [-0.1, -0.05) is 0 Å². The summed E-state index contributed by atoms with van der Waals surface area (Å²) in [7, 11) is 3.47. The molecule has 0 aromatic heterocycles. The maximum absolute atomic E-state index is 12.3. The van der Waals surface area contributed by atoms with Crippen LogP contribution in [0, 0.1) is 0 Å². The second-order valence-electron chi connectivity index (χ2n) is 4.77. The molecule has 4 heteroatoms. The highest BCUT2D eigenvalue weighted by Crippen LogP contribution is 2.23. The van der Waals surface area contributed by atoms with Gasteiger partial charge in [0.1, 0.15) is 0 Å². The summed E-state index contributed by atoms with van der Waals surface area (Å²) in [6.45, 7) is 3.49. The highest BCUT2D eigenvalue weighted by Gasteiger charge is 2.19. The van der Waals surface area contributed by atoms with E-state index in [1.165, 1.54) is 5.56 Å². The van der Waals surface area contributed by atoms with Gasteiger partial charge in [-0.3, -0.25) is 4.79 Å². The summed E-state index contributed by atoms with van der Waals surface area (Å²) < 4.78 is 5.08. The lowest BCUT2D eigenvalue weighted by Gasteiger charge is -2.24. The lowest BCUT2D eigenvalue weighted by Crippen LogP contribution is -2.37. The fourth-order valence-electron chi connectivity index (χ4n) is 2.19. The van der Waals surface area contributed by atoms with Crippen molar-refractivity contribution in [1.29, 1.82) is 0 Å². The van der Waals surface area contributed by atoms with E-state index in [2.05, 4.69) is 5.32 Å². The van der Waals surface area contributed by atoms with E-state index in [1.807, 2.05) is 32.2 Å². The monoisotopic (exact) mass is 248 g/mol. The summed E-state index contributed by atoms with van der Waals surface area (Å²) in [4.78, 5) is 14.0. The van der Waals surface area contributed by atoms with Crippen LogP contribution < -0.4 is 5.32 Å². The largest absolute Gasteiger partial charge is 0.384 e. The number of carbonyl (C=O) groups is 1. The lowest BCUT2D eigenvalue weighted by molar-refractivity contribution is 0.0633. The molecule has 1 heterocycles. The number of nitrogens with one attached hydrogen (secondary N) is 1. The Labute approximate surface area is 108 Å². The molecule has 1 aromatic rings. The zero-order valence-electron chi connectivity index (χ0n) is 11.2.